The first-order valence-corrected chi connectivity index (χ1v) is 9.70. The summed E-state index contributed by atoms with van der Waals surface area (Å²) < 4.78 is 4.98. The second kappa shape index (κ2) is 8.89. The molecule has 3 rings (SSSR count). The smallest absolute Gasteiger partial charge is 0.257 e. The second-order valence-corrected chi connectivity index (χ2v) is 7.74. The number of amides is 2. The molecule has 0 unspecified atom stereocenters. The third kappa shape index (κ3) is 5.46. The molecule has 2 heterocycles. The van der Waals surface area contributed by atoms with Gasteiger partial charge in [-0.05, 0) is 42.4 Å². The van der Waals surface area contributed by atoms with Gasteiger partial charge in [-0.3, -0.25) is 9.59 Å². The van der Waals surface area contributed by atoms with E-state index in [9.17, 15) is 9.59 Å². The standard InChI is InChI=1S/C22H28N2O3/c1-16(2)13-17-3-5-18(6-4-17)14-21(25)23-20-7-10-24(11-8-20)22(26)19-9-12-27-15-19/h3-6,9,12,15-16,20H,7-8,10-11,13-14H2,1-2H3,(H,23,25). The lowest BCUT2D eigenvalue weighted by Crippen LogP contribution is -2.46. The van der Waals surface area contributed by atoms with Crippen LogP contribution < -0.4 is 5.32 Å². The number of piperidine rings is 1. The first kappa shape index (κ1) is 19.2. The summed E-state index contributed by atoms with van der Waals surface area (Å²) in [5.74, 6) is 0.673. The van der Waals surface area contributed by atoms with Crippen molar-refractivity contribution in [3.8, 4) is 0 Å². The van der Waals surface area contributed by atoms with Gasteiger partial charge in [0.25, 0.3) is 5.91 Å². The molecule has 0 atom stereocenters. The molecule has 1 aliphatic heterocycles. The maximum absolute atomic E-state index is 12.3. The zero-order valence-corrected chi connectivity index (χ0v) is 16.1. The van der Waals surface area contributed by atoms with E-state index in [1.165, 1.54) is 18.1 Å². The Labute approximate surface area is 160 Å². The van der Waals surface area contributed by atoms with E-state index in [2.05, 4.69) is 31.3 Å². The van der Waals surface area contributed by atoms with Gasteiger partial charge in [-0.1, -0.05) is 38.1 Å². The lowest BCUT2D eigenvalue weighted by Gasteiger charge is -2.32. The van der Waals surface area contributed by atoms with Crippen LogP contribution in [-0.4, -0.2) is 35.8 Å². The van der Waals surface area contributed by atoms with Gasteiger partial charge in [0, 0.05) is 19.1 Å². The van der Waals surface area contributed by atoms with Crippen molar-refractivity contribution >= 4 is 11.8 Å². The minimum Gasteiger partial charge on any atom is -0.472 e. The van der Waals surface area contributed by atoms with E-state index in [1.807, 2.05) is 17.0 Å². The summed E-state index contributed by atoms with van der Waals surface area (Å²) in [5.41, 5.74) is 2.93. The molecular weight excluding hydrogens is 340 g/mol. The third-order valence-corrected chi connectivity index (χ3v) is 4.95. The fourth-order valence-corrected chi connectivity index (χ4v) is 3.52. The van der Waals surface area contributed by atoms with Crippen molar-refractivity contribution in [2.24, 2.45) is 5.92 Å². The Balaban J connectivity index is 1.43. The molecule has 2 aromatic rings. The highest BCUT2D eigenvalue weighted by Crippen LogP contribution is 2.15. The maximum atomic E-state index is 12.3. The van der Waals surface area contributed by atoms with Crippen LogP contribution in [0.4, 0.5) is 0 Å². The van der Waals surface area contributed by atoms with Crippen LogP contribution in [0.2, 0.25) is 0 Å². The molecule has 5 nitrogen and oxygen atoms in total. The van der Waals surface area contributed by atoms with E-state index in [0.29, 0.717) is 31.0 Å². The van der Waals surface area contributed by atoms with Crippen molar-refractivity contribution in [1.82, 2.24) is 10.2 Å². The van der Waals surface area contributed by atoms with Gasteiger partial charge in [-0.25, -0.2) is 0 Å². The fraction of sp³-hybridized carbons (Fsp3) is 0.455. The van der Waals surface area contributed by atoms with Crippen molar-refractivity contribution in [2.75, 3.05) is 13.1 Å². The van der Waals surface area contributed by atoms with Gasteiger partial charge < -0.3 is 14.6 Å². The molecule has 0 radical (unpaired) electrons. The minimum atomic E-state index is -0.00462. The first-order chi connectivity index (χ1) is 13.0. The van der Waals surface area contributed by atoms with Gasteiger partial charge in [0.1, 0.15) is 6.26 Å². The van der Waals surface area contributed by atoms with E-state index in [-0.39, 0.29) is 17.9 Å². The number of carbonyl (C=O) groups excluding carboxylic acids is 2. The topological polar surface area (TPSA) is 62.6 Å². The largest absolute Gasteiger partial charge is 0.472 e. The van der Waals surface area contributed by atoms with Crippen LogP contribution in [0, 0.1) is 5.92 Å². The molecule has 0 bridgehead atoms. The molecule has 144 valence electrons. The number of benzene rings is 1. The highest BCUT2D eigenvalue weighted by Gasteiger charge is 2.25. The van der Waals surface area contributed by atoms with Crippen molar-refractivity contribution in [3.05, 3.63) is 59.5 Å². The molecule has 27 heavy (non-hydrogen) atoms. The van der Waals surface area contributed by atoms with Crippen LogP contribution in [0.25, 0.3) is 0 Å². The molecule has 5 heteroatoms. The van der Waals surface area contributed by atoms with Gasteiger partial charge in [0.2, 0.25) is 5.91 Å². The van der Waals surface area contributed by atoms with Crippen molar-refractivity contribution in [3.63, 3.8) is 0 Å². The molecule has 1 aliphatic rings. The van der Waals surface area contributed by atoms with Crippen LogP contribution in [0.3, 0.4) is 0 Å². The summed E-state index contributed by atoms with van der Waals surface area (Å²) in [6, 6.07) is 10.1. The quantitative estimate of drug-likeness (QED) is 0.849. The molecule has 2 amide bonds. The summed E-state index contributed by atoms with van der Waals surface area (Å²) in [6.07, 6.45) is 6.00. The molecule has 1 N–H and O–H groups in total. The SMILES string of the molecule is CC(C)Cc1ccc(CC(=O)NC2CCN(C(=O)c3ccoc3)CC2)cc1. The predicted molar refractivity (Wildman–Crippen MR) is 104 cm³/mol. The second-order valence-electron chi connectivity index (χ2n) is 7.74. The maximum Gasteiger partial charge on any atom is 0.257 e. The molecule has 0 saturated carbocycles. The van der Waals surface area contributed by atoms with Gasteiger partial charge in [0.05, 0.1) is 18.2 Å². The summed E-state index contributed by atoms with van der Waals surface area (Å²) in [7, 11) is 0. The summed E-state index contributed by atoms with van der Waals surface area (Å²) in [5, 5.41) is 3.11. The monoisotopic (exact) mass is 368 g/mol. The number of nitrogens with zero attached hydrogens (tertiary/aromatic N) is 1. The van der Waals surface area contributed by atoms with E-state index >= 15 is 0 Å². The average molecular weight is 368 g/mol. The molecule has 0 spiro atoms. The molecule has 0 aliphatic carbocycles. The Kier molecular flexibility index (Phi) is 6.32. The number of rotatable bonds is 6. The third-order valence-electron chi connectivity index (χ3n) is 4.95. The molecule has 1 fully saturated rings. The zero-order chi connectivity index (χ0) is 19.2. The predicted octanol–water partition coefficient (Wildman–Crippen LogP) is 3.44. The van der Waals surface area contributed by atoms with Crippen LogP contribution in [0.1, 0.15) is 48.2 Å². The number of hydrogen-bond acceptors (Lipinski definition) is 3. The number of nitrogens with one attached hydrogen (secondary N) is 1. The molecule has 1 aromatic heterocycles. The Morgan fingerprint density at radius 1 is 1.11 bits per heavy atom. The van der Waals surface area contributed by atoms with Gasteiger partial charge >= 0.3 is 0 Å². The Morgan fingerprint density at radius 2 is 1.78 bits per heavy atom. The average Bonchev–Trinajstić information content (AvgIpc) is 3.18. The van der Waals surface area contributed by atoms with Crippen LogP contribution >= 0.6 is 0 Å². The minimum absolute atomic E-state index is 0.00462. The normalized spacial score (nSPS) is 15.1. The van der Waals surface area contributed by atoms with E-state index in [4.69, 9.17) is 4.42 Å². The summed E-state index contributed by atoms with van der Waals surface area (Å²) in [6.45, 7) is 5.71. The number of carbonyl (C=O) groups is 2. The molecular formula is C22H28N2O3. The van der Waals surface area contributed by atoms with Gasteiger partial charge in [0.15, 0.2) is 0 Å². The van der Waals surface area contributed by atoms with Crippen LogP contribution in [0.15, 0.2) is 47.3 Å². The Morgan fingerprint density at radius 3 is 2.37 bits per heavy atom. The number of hydrogen-bond donors (Lipinski definition) is 1. The number of likely N-dealkylation sites (tertiary alicyclic amines) is 1. The van der Waals surface area contributed by atoms with E-state index < -0.39 is 0 Å². The lowest BCUT2D eigenvalue weighted by molar-refractivity contribution is -0.121. The fourth-order valence-electron chi connectivity index (χ4n) is 3.52. The first-order valence-electron chi connectivity index (χ1n) is 9.70. The highest BCUT2D eigenvalue weighted by molar-refractivity contribution is 5.93. The van der Waals surface area contributed by atoms with E-state index in [0.717, 1.165) is 24.8 Å². The van der Waals surface area contributed by atoms with Crippen molar-refractivity contribution in [1.29, 1.82) is 0 Å². The highest BCUT2D eigenvalue weighted by atomic mass is 16.3. The van der Waals surface area contributed by atoms with Crippen molar-refractivity contribution < 1.29 is 14.0 Å². The van der Waals surface area contributed by atoms with Crippen LogP contribution in [-0.2, 0) is 17.6 Å². The number of furan rings is 1. The van der Waals surface area contributed by atoms with Gasteiger partial charge in [-0.2, -0.15) is 0 Å². The Bertz CT molecular complexity index is 742. The van der Waals surface area contributed by atoms with E-state index in [1.54, 1.807) is 6.07 Å². The van der Waals surface area contributed by atoms with Gasteiger partial charge in [-0.15, -0.1) is 0 Å². The van der Waals surface area contributed by atoms with Crippen molar-refractivity contribution in [2.45, 2.75) is 45.6 Å². The summed E-state index contributed by atoms with van der Waals surface area (Å²) >= 11 is 0. The summed E-state index contributed by atoms with van der Waals surface area (Å²) in [4.78, 5) is 26.5. The zero-order valence-electron chi connectivity index (χ0n) is 16.1. The van der Waals surface area contributed by atoms with Crippen LogP contribution in [0.5, 0.6) is 0 Å². The Hall–Kier alpha value is -2.56. The molecule has 1 aromatic carbocycles. The molecule has 1 saturated heterocycles. The lowest BCUT2D eigenvalue weighted by atomic mass is 10.0.